The first-order valence-corrected chi connectivity index (χ1v) is 5.91. The van der Waals surface area contributed by atoms with Gasteiger partial charge >= 0.3 is 0 Å². The van der Waals surface area contributed by atoms with E-state index in [0.29, 0.717) is 0 Å². The van der Waals surface area contributed by atoms with E-state index in [1.54, 1.807) is 0 Å². The molecule has 0 nitrogen and oxygen atoms in total. The van der Waals surface area contributed by atoms with Gasteiger partial charge < -0.3 is 0 Å². The van der Waals surface area contributed by atoms with Gasteiger partial charge in [-0.25, -0.2) is 0 Å². The quantitative estimate of drug-likeness (QED) is 0.536. The average molecular weight is 208 g/mol. The second-order valence-corrected chi connectivity index (χ2v) is 3.62. The molecule has 0 aromatic heterocycles. The molecule has 0 unspecified atom stereocenters. The largest absolute Gasteiger partial charge is 0.0891 e. The highest BCUT2D eigenvalue weighted by Crippen LogP contribution is 1.98. The summed E-state index contributed by atoms with van der Waals surface area (Å²) in [5.41, 5.74) is 0. The smallest absolute Gasteiger partial charge is 0.00992 e. The molecule has 1 aliphatic rings. The van der Waals surface area contributed by atoms with Crippen molar-refractivity contribution in [3.05, 3.63) is 0 Å². The van der Waals surface area contributed by atoms with Crippen molar-refractivity contribution >= 4 is 0 Å². The molecule has 0 saturated heterocycles. The Kier molecular flexibility index (Phi) is 7.53. The van der Waals surface area contributed by atoms with Crippen LogP contribution in [0, 0.1) is 47.4 Å². The van der Waals surface area contributed by atoms with Crippen LogP contribution in [0.1, 0.15) is 51.4 Å². The minimum absolute atomic E-state index is 0.933. The third kappa shape index (κ3) is 7.63. The van der Waals surface area contributed by atoms with Gasteiger partial charge in [0.25, 0.3) is 0 Å². The van der Waals surface area contributed by atoms with Gasteiger partial charge in [0.15, 0.2) is 0 Å². The first kappa shape index (κ1) is 12.3. The maximum absolute atomic E-state index is 3.07. The molecule has 80 valence electrons. The lowest BCUT2D eigenvalue weighted by molar-refractivity contribution is 0.781. The van der Waals surface area contributed by atoms with Crippen LogP contribution in [0.3, 0.4) is 0 Å². The SMILES string of the molecule is C1#CCCCCC#CC#CCCCCC#C1. The molecule has 1 rings (SSSR count). The van der Waals surface area contributed by atoms with E-state index in [1.165, 1.54) is 0 Å². The molecule has 16 heavy (non-hydrogen) atoms. The third-order valence-corrected chi connectivity index (χ3v) is 2.19. The van der Waals surface area contributed by atoms with Crippen LogP contribution in [-0.4, -0.2) is 0 Å². The zero-order valence-electron chi connectivity index (χ0n) is 9.66. The van der Waals surface area contributed by atoms with E-state index in [4.69, 9.17) is 0 Å². The van der Waals surface area contributed by atoms with Gasteiger partial charge in [-0.3, -0.25) is 0 Å². The van der Waals surface area contributed by atoms with Crippen molar-refractivity contribution in [3.63, 3.8) is 0 Å². The van der Waals surface area contributed by atoms with Gasteiger partial charge in [-0.1, -0.05) is 23.7 Å². The van der Waals surface area contributed by atoms with Gasteiger partial charge in [0.2, 0.25) is 0 Å². The normalized spacial score (nSPS) is 16.0. The maximum Gasteiger partial charge on any atom is 0.00992 e. The summed E-state index contributed by atoms with van der Waals surface area (Å²) in [6.45, 7) is 0. The second-order valence-electron chi connectivity index (χ2n) is 3.62. The van der Waals surface area contributed by atoms with Crippen LogP contribution in [0.25, 0.3) is 0 Å². The molecule has 0 amide bonds. The van der Waals surface area contributed by atoms with Gasteiger partial charge in [-0.15, -0.1) is 0 Å². The van der Waals surface area contributed by atoms with Crippen LogP contribution < -0.4 is 0 Å². The molecule has 0 N–H and O–H groups in total. The fourth-order valence-corrected chi connectivity index (χ4v) is 1.28. The first-order valence-electron chi connectivity index (χ1n) is 5.91. The lowest BCUT2D eigenvalue weighted by Gasteiger charge is -1.88. The molecule has 0 bridgehead atoms. The Bertz CT molecular complexity index is 335. The highest BCUT2D eigenvalue weighted by molar-refractivity contribution is 5.26. The molecule has 0 radical (unpaired) electrons. The highest BCUT2D eigenvalue weighted by Gasteiger charge is 1.84. The topological polar surface area (TPSA) is 0 Å². The minimum atomic E-state index is 0.933. The molecule has 0 aliphatic heterocycles. The summed E-state index contributed by atoms with van der Waals surface area (Å²) in [5.74, 6) is 23.8. The van der Waals surface area contributed by atoms with Gasteiger partial charge in [0.05, 0.1) is 0 Å². The van der Waals surface area contributed by atoms with Crippen LogP contribution in [0.2, 0.25) is 0 Å². The van der Waals surface area contributed by atoms with Crippen molar-refractivity contribution in [2.75, 3.05) is 0 Å². The molecule has 0 heteroatoms. The molecular formula is C16H16. The third-order valence-electron chi connectivity index (χ3n) is 2.19. The fourth-order valence-electron chi connectivity index (χ4n) is 1.28. The highest BCUT2D eigenvalue weighted by atomic mass is 13.9. The summed E-state index contributed by atoms with van der Waals surface area (Å²) in [6, 6.07) is 0. The van der Waals surface area contributed by atoms with Gasteiger partial charge in [0.1, 0.15) is 0 Å². The fraction of sp³-hybridized carbons (Fsp3) is 0.500. The lowest BCUT2D eigenvalue weighted by Crippen LogP contribution is -1.75. The van der Waals surface area contributed by atoms with Gasteiger partial charge in [0, 0.05) is 25.7 Å². The van der Waals surface area contributed by atoms with Crippen molar-refractivity contribution in [1.29, 1.82) is 0 Å². The van der Waals surface area contributed by atoms with Crippen molar-refractivity contribution in [2.45, 2.75) is 51.4 Å². The van der Waals surface area contributed by atoms with E-state index in [0.717, 1.165) is 51.4 Å². The monoisotopic (exact) mass is 208 g/mol. The molecule has 0 aromatic rings. The Balaban J connectivity index is 2.40. The summed E-state index contributed by atoms with van der Waals surface area (Å²) in [7, 11) is 0. The Hall–Kier alpha value is -1.76. The summed E-state index contributed by atoms with van der Waals surface area (Å²) < 4.78 is 0. The average Bonchev–Trinajstić information content (AvgIpc) is 2.29. The van der Waals surface area contributed by atoms with Gasteiger partial charge in [-0.2, -0.15) is 0 Å². The molecule has 0 spiro atoms. The number of hydrogen-bond acceptors (Lipinski definition) is 0. The number of hydrogen-bond donors (Lipinski definition) is 0. The molecule has 0 fully saturated rings. The van der Waals surface area contributed by atoms with Crippen LogP contribution >= 0.6 is 0 Å². The van der Waals surface area contributed by atoms with E-state index in [-0.39, 0.29) is 0 Å². The molecule has 0 aromatic carbocycles. The van der Waals surface area contributed by atoms with Crippen LogP contribution in [-0.2, 0) is 0 Å². The molecule has 1 aliphatic carbocycles. The molecular weight excluding hydrogens is 192 g/mol. The summed E-state index contributed by atoms with van der Waals surface area (Å²) in [5, 5.41) is 0. The van der Waals surface area contributed by atoms with Crippen molar-refractivity contribution in [3.8, 4) is 47.4 Å². The van der Waals surface area contributed by atoms with Gasteiger partial charge in [-0.05, 0) is 49.4 Å². The Morgan fingerprint density at radius 3 is 0.875 bits per heavy atom. The predicted octanol–water partition coefficient (Wildman–Crippen LogP) is 3.13. The van der Waals surface area contributed by atoms with E-state index in [1.807, 2.05) is 0 Å². The Morgan fingerprint density at radius 1 is 0.375 bits per heavy atom. The molecule has 0 saturated carbocycles. The summed E-state index contributed by atoms with van der Waals surface area (Å²) in [6.07, 6.45) is 8.16. The maximum atomic E-state index is 3.07. The van der Waals surface area contributed by atoms with E-state index in [2.05, 4.69) is 47.4 Å². The Morgan fingerprint density at radius 2 is 0.625 bits per heavy atom. The Labute approximate surface area is 99.2 Å². The van der Waals surface area contributed by atoms with E-state index < -0.39 is 0 Å². The zero-order valence-corrected chi connectivity index (χ0v) is 9.66. The van der Waals surface area contributed by atoms with Crippen LogP contribution in [0.15, 0.2) is 0 Å². The number of rotatable bonds is 0. The summed E-state index contributed by atoms with van der Waals surface area (Å²) >= 11 is 0. The lowest BCUT2D eigenvalue weighted by atomic mass is 10.2. The van der Waals surface area contributed by atoms with E-state index in [9.17, 15) is 0 Å². The standard InChI is InChI=1S/C16H16/c1-2-4-6-8-10-12-14-16-15-13-11-9-7-5-3-1/h1-4,13-16H2. The van der Waals surface area contributed by atoms with E-state index >= 15 is 0 Å². The molecule has 0 atom stereocenters. The van der Waals surface area contributed by atoms with Crippen LogP contribution in [0.5, 0.6) is 0 Å². The minimum Gasteiger partial charge on any atom is -0.0891 e. The second kappa shape index (κ2) is 9.78. The van der Waals surface area contributed by atoms with Crippen molar-refractivity contribution in [2.24, 2.45) is 0 Å². The summed E-state index contributed by atoms with van der Waals surface area (Å²) in [4.78, 5) is 0. The van der Waals surface area contributed by atoms with Crippen LogP contribution in [0.4, 0.5) is 0 Å². The predicted molar refractivity (Wildman–Crippen MR) is 68.0 cm³/mol. The first-order chi connectivity index (χ1) is 8.00. The van der Waals surface area contributed by atoms with Crippen molar-refractivity contribution in [1.82, 2.24) is 0 Å². The zero-order chi connectivity index (χ0) is 11.3. The van der Waals surface area contributed by atoms with Crippen molar-refractivity contribution < 1.29 is 0 Å². The molecule has 0 heterocycles.